The number of carbonyl (C=O) groups is 2. The molecule has 1 aromatic rings. The van der Waals surface area contributed by atoms with Crippen LogP contribution in [0.1, 0.15) is 51.0 Å². The molecule has 0 saturated carbocycles. The van der Waals surface area contributed by atoms with E-state index in [1.165, 1.54) is 37.5 Å². The van der Waals surface area contributed by atoms with E-state index in [2.05, 4.69) is 17.6 Å². The molecule has 0 radical (unpaired) electrons. The molecule has 0 aromatic heterocycles. The Labute approximate surface area is 131 Å². The Bertz CT molecular complexity index is 503. The average molecular weight is 308 g/mol. The Balaban J connectivity index is 2.26. The predicted octanol–water partition coefficient (Wildman–Crippen LogP) is 3.55. The van der Waals surface area contributed by atoms with Gasteiger partial charge in [0.1, 0.15) is 5.82 Å². The number of hydrogen-bond donors (Lipinski definition) is 2. The molecule has 1 rings (SSSR count). The standard InChI is InChI=1S/C17H25FN2O2/c1-3-4-5-6-7-8-11-19-16(21)17(22)20-15-10-9-14(18)12-13(15)2/h9-10,12H,3-8,11H2,1-2H3,(H,19,21)(H,20,22). The topological polar surface area (TPSA) is 58.2 Å². The van der Waals surface area contributed by atoms with Gasteiger partial charge in [0.15, 0.2) is 0 Å². The Kier molecular flexibility index (Phi) is 8.18. The maximum atomic E-state index is 13.0. The van der Waals surface area contributed by atoms with Gasteiger partial charge in [0.25, 0.3) is 0 Å². The average Bonchev–Trinajstić information content (AvgIpc) is 2.48. The first-order valence-electron chi connectivity index (χ1n) is 7.90. The molecule has 0 aliphatic rings. The minimum Gasteiger partial charge on any atom is -0.348 e. The van der Waals surface area contributed by atoms with Crippen molar-refractivity contribution in [2.24, 2.45) is 0 Å². The van der Waals surface area contributed by atoms with Gasteiger partial charge in [-0.25, -0.2) is 4.39 Å². The second-order valence-corrected chi connectivity index (χ2v) is 5.44. The van der Waals surface area contributed by atoms with Crippen molar-refractivity contribution < 1.29 is 14.0 Å². The monoisotopic (exact) mass is 308 g/mol. The van der Waals surface area contributed by atoms with Crippen LogP contribution in [0.2, 0.25) is 0 Å². The van der Waals surface area contributed by atoms with Crippen LogP contribution < -0.4 is 10.6 Å². The molecule has 0 unspecified atom stereocenters. The lowest BCUT2D eigenvalue weighted by atomic mass is 10.1. The maximum Gasteiger partial charge on any atom is 0.313 e. The molecule has 0 heterocycles. The van der Waals surface area contributed by atoms with Crippen LogP contribution in [0.3, 0.4) is 0 Å². The van der Waals surface area contributed by atoms with E-state index in [1.807, 2.05) is 0 Å². The Morgan fingerprint density at radius 1 is 1.05 bits per heavy atom. The van der Waals surface area contributed by atoms with Crippen molar-refractivity contribution in [2.75, 3.05) is 11.9 Å². The van der Waals surface area contributed by atoms with Crippen LogP contribution in [0.4, 0.5) is 10.1 Å². The van der Waals surface area contributed by atoms with Crippen molar-refractivity contribution in [3.05, 3.63) is 29.6 Å². The van der Waals surface area contributed by atoms with Crippen LogP contribution >= 0.6 is 0 Å². The van der Waals surface area contributed by atoms with E-state index in [1.54, 1.807) is 6.92 Å². The van der Waals surface area contributed by atoms with Crippen LogP contribution in [0, 0.1) is 12.7 Å². The summed E-state index contributed by atoms with van der Waals surface area (Å²) in [4.78, 5) is 23.4. The van der Waals surface area contributed by atoms with Crippen LogP contribution in [-0.4, -0.2) is 18.4 Å². The van der Waals surface area contributed by atoms with E-state index >= 15 is 0 Å². The molecule has 0 bridgehead atoms. The van der Waals surface area contributed by atoms with Crippen molar-refractivity contribution in [3.8, 4) is 0 Å². The summed E-state index contributed by atoms with van der Waals surface area (Å²) >= 11 is 0. The summed E-state index contributed by atoms with van der Waals surface area (Å²) in [6, 6.07) is 4.00. The molecule has 4 nitrogen and oxygen atoms in total. The number of nitrogens with one attached hydrogen (secondary N) is 2. The number of unbranched alkanes of at least 4 members (excludes halogenated alkanes) is 5. The van der Waals surface area contributed by atoms with Gasteiger partial charge in [-0.3, -0.25) is 9.59 Å². The molecule has 122 valence electrons. The minimum absolute atomic E-state index is 0.372. The van der Waals surface area contributed by atoms with Crippen molar-refractivity contribution in [1.29, 1.82) is 0 Å². The van der Waals surface area contributed by atoms with Gasteiger partial charge in [-0.1, -0.05) is 39.0 Å². The fourth-order valence-electron chi connectivity index (χ4n) is 2.13. The number of anilines is 1. The summed E-state index contributed by atoms with van der Waals surface area (Å²) in [7, 11) is 0. The first-order valence-corrected chi connectivity index (χ1v) is 7.90. The first kappa shape index (κ1) is 18.1. The second-order valence-electron chi connectivity index (χ2n) is 5.44. The summed E-state index contributed by atoms with van der Waals surface area (Å²) < 4.78 is 13.0. The summed E-state index contributed by atoms with van der Waals surface area (Å²) in [5.41, 5.74) is 1.03. The fourth-order valence-corrected chi connectivity index (χ4v) is 2.13. The van der Waals surface area contributed by atoms with Gasteiger partial charge < -0.3 is 10.6 Å². The summed E-state index contributed by atoms with van der Waals surface area (Å²) in [5.74, 6) is -1.75. The quantitative estimate of drug-likeness (QED) is 0.570. The number of benzene rings is 1. The lowest BCUT2D eigenvalue weighted by Crippen LogP contribution is -2.36. The predicted molar refractivity (Wildman–Crippen MR) is 86.2 cm³/mol. The summed E-state index contributed by atoms with van der Waals surface area (Å²) in [5, 5.41) is 5.09. The van der Waals surface area contributed by atoms with E-state index in [0.717, 1.165) is 19.3 Å². The van der Waals surface area contributed by atoms with Crippen molar-refractivity contribution >= 4 is 17.5 Å². The lowest BCUT2D eigenvalue weighted by Gasteiger charge is -2.08. The SMILES string of the molecule is CCCCCCCCNC(=O)C(=O)Nc1ccc(F)cc1C. The molecule has 1 aromatic carbocycles. The van der Waals surface area contributed by atoms with Crippen LogP contribution in [0.15, 0.2) is 18.2 Å². The number of hydrogen-bond acceptors (Lipinski definition) is 2. The lowest BCUT2D eigenvalue weighted by molar-refractivity contribution is -0.136. The highest BCUT2D eigenvalue weighted by Crippen LogP contribution is 2.15. The Morgan fingerprint density at radius 2 is 1.73 bits per heavy atom. The van der Waals surface area contributed by atoms with Crippen molar-refractivity contribution in [1.82, 2.24) is 5.32 Å². The van der Waals surface area contributed by atoms with Crippen LogP contribution in [-0.2, 0) is 9.59 Å². The molecule has 0 aliphatic heterocycles. The number of rotatable bonds is 8. The molecular formula is C17H25FN2O2. The van der Waals surface area contributed by atoms with E-state index in [9.17, 15) is 14.0 Å². The highest BCUT2D eigenvalue weighted by atomic mass is 19.1. The van der Waals surface area contributed by atoms with Crippen molar-refractivity contribution in [2.45, 2.75) is 52.4 Å². The summed E-state index contributed by atoms with van der Waals surface area (Å²) in [6.45, 7) is 4.34. The van der Waals surface area contributed by atoms with E-state index in [0.29, 0.717) is 17.8 Å². The molecule has 5 heteroatoms. The normalized spacial score (nSPS) is 10.3. The zero-order chi connectivity index (χ0) is 16.4. The smallest absolute Gasteiger partial charge is 0.313 e. The molecule has 22 heavy (non-hydrogen) atoms. The molecule has 0 aliphatic carbocycles. The molecule has 2 amide bonds. The van der Waals surface area contributed by atoms with Gasteiger partial charge in [0, 0.05) is 12.2 Å². The molecule has 0 saturated heterocycles. The number of aryl methyl sites for hydroxylation is 1. The van der Waals surface area contributed by atoms with Gasteiger partial charge in [-0.2, -0.15) is 0 Å². The fraction of sp³-hybridized carbons (Fsp3) is 0.529. The van der Waals surface area contributed by atoms with Gasteiger partial charge in [-0.05, 0) is 37.1 Å². The van der Waals surface area contributed by atoms with Crippen LogP contribution in [0.5, 0.6) is 0 Å². The first-order chi connectivity index (χ1) is 10.5. The molecular weight excluding hydrogens is 283 g/mol. The third kappa shape index (κ3) is 6.70. The highest BCUT2D eigenvalue weighted by Gasteiger charge is 2.14. The summed E-state index contributed by atoms with van der Waals surface area (Å²) in [6.07, 6.45) is 6.75. The zero-order valence-electron chi connectivity index (χ0n) is 13.4. The third-order valence-corrected chi connectivity index (χ3v) is 3.46. The molecule has 0 fully saturated rings. The van der Waals surface area contributed by atoms with Crippen LogP contribution in [0.25, 0.3) is 0 Å². The van der Waals surface area contributed by atoms with Gasteiger partial charge in [-0.15, -0.1) is 0 Å². The van der Waals surface area contributed by atoms with E-state index in [-0.39, 0.29) is 5.82 Å². The second kappa shape index (κ2) is 9.92. The molecule has 0 spiro atoms. The zero-order valence-corrected chi connectivity index (χ0v) is 13.4. The molecule has 2 N–H and O–H groups in total. The van der Waals surface area contributed by atoms with Gasteiger partial charge >= 0.3 is 11.8 Å². The van der Waals surface area contributed by atoms with Gasteiger partial charge in [0.05, 0.1) is 0 Å². The Hall–Kier alpha value is -1.91. The maximum absolute atomic E-state index is 13.0. The molecule has 0 atom stereocenters. The third-order valence-electron chi connectivity index (χ3n) is 3.46. The van der Waals surface area contributed by atoms with Crippen molar-refractivity contribution in [3.63, 3.8) is 0 Å². The van der Waals surface area contributed by atoms with E-state index < -0.39 is 11.8 Å². The largest absolute Gasteiger partial charge is 0.348 e. The number of halogens is 1. The Morgan fingerprint density at radius 3 is 2.41 bits per heavy atom. The number of carbonyl (C=O) groups excluding carboxylic acids is 2. The van der Waals surface area contributed by atoms with Gasteiger partial charge in [0.2, 0.25) is 0 Å². The minimum atomic E-state index is -0.722. The van der Waals surface area contributed by atoms with E-state index in [4.69, 9.17) is 0 Å². The number of amides is 2. The highest BCUT2D eigenvalue weighted by molar-refractivity contribution is 6.39.